The van der Waals surface area contributed by atoms with Gasteiger partial charge in [-0.3, -0.25) is 4.79 Å². The molecule has 16 heavy (non-hydrogen) atoms. The second-order valence-corrected chi connectivity index (χ2v) is 4.81. The number of hydrogen-bond donors (Lipinski definition) is 1. The Balaban J connectivity index is 2.57. The Labute approximate surface area is 102 Å². The zero-order valence-electron chi connectivity index (χ0n) is 9.16. The van der Waals surface area contributed by atoms with Gasteiger partial charge in [0.15, 0.2) is 5.75 Å². The number of nitrogen functional groups attached to an aromatic ring is 1. The summed E-state index contributed by atoms with van der Waals surface area (Å²) in [7, 11) is 1.73. The lowest BCUT2D eigenvalue weighted by atomic mass is 10.1. The largest absolute Gasteiger partial charge is 0.489 e. The van der Waals surface area contributed by atoms with Crippen LogP contribution in [0.4, 0.5) is 11.4 Å². The van der Waals surface area contributed by atoms with Crippen LogP contribution < -0.4 is 15.4 Å². The Kier molecular flexibility index (Phi) is 2.80. The quantitative estimate of drug-likeness (QED) is 0.742. The zero-order chi connectivity index (χ0) is 11.9. The summed E-state index contributed by atoms with van der Waals surface area (Å²) in [5.74, 6) is 0.566. The van der Waals surface area contributed by atoms with E-state index in [1.807, 2.05) is 6.92 Å². The number of anilines is 2. The summed E-state index contributed by atoms with van der Waals surface area (Å²) < 4.78 is 6.40. The molecule has 5 heteroatoms. The number of nitrogens with two attached hydrogens (primary N) is 1. The van der Waals surface area contributed by atoms with Gasteiger partial charge in [-0.05, 0) is 28.1 Å². The maximum absolute atomic E-state index is 11.9. The van der Waals surface area contributed by atoms with E-state index in [2.05, 4.69) is 15.9 Å². The van der Waals surface area contributed by atoms with E-state index < -0.39 is 0 Å². The Morgan fingerprint density at radius 1 is 1.56 bits per heavy atom. The summed E-state index contributed by atoms with van der Waals surface area (Å²) >= 11 is 3.39. The van der Waals surface area contributed by atoms with Crippen molar-refractivity contribution >= 4 is 33.2 Å². The predicted octanol–water partition coefficient (Wildman–Crippen LogP) is 2.02. The van der Waals surface area contributed by atoms with Crippen molar-refractivity contribution in [3.05, 3.63) is 16.6 Å². The average Bonchev–Trinajstić information content (AvgIpc) is 2.32. The van der Waals surface area contributed by atoms with Crippen molar-refractivity contribution in [2.24, 2.45) is 5.92 Å². The summed E-state index contributed by atoms with van der Waals surface area (Å²) in [5, 5.41) is 0. The van der Waals surface area contributed by atoms with Crippen LogP contribution in [-0.4, -0.2) is 19.6 Å². The van der Waals surface area contributed by atoms with Crippen LogP contribution in [0.5, 0.6) is 5.75 Å². The van der Waals surface area contributed by atoms with E-state index in [-0.39, 0.29) is 11.8 Å². The molecule has 4 nitrogen and oxygen atoms in total. The smallest absolute Gasteiger partial charge is 0.233 e. The highest BCUT2D eigenvalue weighted by Crippen LogP contribution is 2.39. The van der Waals surface area contributed by atoms with Crippen LogP contribution in [0.1, 0.15) is 6.92 Å². The van der Waals surface area contributed by atoms with Gasteiger partial charge >= 0.3 is 0 Å². The van der Waals surface area contributed by atoms with Crippen LogP contribution in [0, 0.1) is 5.92 Å². The number of rotatable bonds is 0. The first-order valence-corrected chi connectivity index (χ1v) is 5.79. The maximum Gasteiger partial charge on any atom is 0.233 e. The van der Waals surface area contributed by atoms with Crippen molar-refractivity contribution in [1.29, 1.82) is 0 Å². The number of carbonyl (C=O) groups is 1. The Morgan fingerprint density at radius 2 is 2.25 bits per heavy atom. The van der Waals surface area contributed by atoms with E-state index in [9.17, 15) is 4.79 Å². The fraction of sp³-hybridized carbons (Fsp3) is 0.364. The molecule has 1 aliphatic heterocycles. The molecule has 0 fully saturated rings. The maximum atomic E-state index is 11.9. The van der Waals surface area contributed by atoms with Crippen molar-refractivity contribution in [3.63, 3.8) is 0 Å². The van der Waals surface area contributed by atoms with Gasteiger partial charge in [0.2, 0.25) is 5.91 Å². The number of halogens is 1. The van der Waals surface area contributed by atoms with Gasteiger partial charge in [0.25, 0.3) is 0 Å². The molecule has 0 radical (unpaired) electrons. The summed E-state index contributed by atoms with van der Waals surface area (Å²) in [6.45, 7) is 2.24. The molecule has 1 unspecified atom stereocenters. The summed E-state index contributed by atoms with van der Waals surface area (Å²) in [5.41, 5.74) is 7.06. The van der Waals surface area contributed by atoms with Gasteiger partial charge in [0, 0.05) is 12.7 Å². The topological polar surface area (TPSA) is 55.6 Å². The molecule has 0 bridgehead atoms. The monoisotopic (exact) mass is 284 g/mol. The van der Waals surface area contributed by atoms with E-state index in [0.717, 1.165) is 4.47 Å². The number of benzene rings is 1. The minimum Gasteiger partial charge on any atom is -0.489 e. The van der Waals surface area contributed by atoms with Gasteiger partial charge in [-0.15, -0.1) is 0 Å². The van der Waals surface area contributed by atoms with Gasteiger partial charge in [-0.2, -0.15) is 0 Å². The number of amides is 1. The van der Waals surface area contributed by atoms with Crippen LogP contribution in [0.25, 0.3) is 0 Å². The van der Waals surface area contributed by atoms with Crippen molar-refractivity contribution in [2.75, 3.05) is 24.3 Å². The molecule has 1 atom stereocenters. The van der Waals surface area contributed by atoms with Gasteiger partial charge in [-0.1, -0.05) is 6.92 Å². The second-order valence-electron chi connectivity index (χ2n) is 3.96. The molecule has 1 aliphatic rings. The van der Waals surface area contributed by atoms with Crippen molar-refractivity contribution < 1.29 is 9.53 Å². The van der Waals surface area contributed by atoms with Crippen molar-refractivity contribution in [2.45, 2.75) is 6.92 Å². The number of nitrogens with zero attached hydrogens (tertiary/aromatic N) is 1. The van der Waals surface area contributed by atoms with Gasteiger partial charge in [0.05, 0.1) is 22.7 Å². The summed E-state index contributed by atoms with van der Waals surface area (Å²) in [4.78, 5) is 13.5. The zero-order valence-corrected chi connectivity index (χ0v) is 10.7. The van der Waals surface area contributed by atoms with E-state index in [0.29, 0.717) is 23.7 Å². The van der Waals surface area contributed by atoms with E-state index in [1.165, 1.54) is 0 Å². The van der Waals surface area contributed by atoms with Crippen molar-refractivity contribution in [3.8, 4) is 5.75 Å². The number of ether oxygens (including phenoxy) is 1. The predicted molar refractivity (Wildman–Crippen MR) is 66.6 cm³/mol. The normalized spacial score (nSPS) is 20.1. The first-order chi connectivity index (χ1) is 7.50. The number of fused-ring (bicyclic) bond motifs is 1. The Hall–Kier alpha value is -1.23. The highest BCUT2D eigenvalue weighted by Gasteiger charge is 2.27. The molecule has 0 saturated carbocycles. The van der Waals surface area contributed by atoms with E-state index in [1.54, 1.807) is 24.1 Å². The molecular weight excluding hydrogens is 272 g/mol. The molecule has 1 heterocycles. The lowest BCUT2D eigenvalue weighted by Gasteiger charge is -2.18. The first-order valence-electron chi connectivity index (χ1n) is 5.00. The highest BCUT2D eigenvalue weighted by molar-refractivity contribution is 9.10. The van der Waals surface area contributed by atoms with Crippen LogP contribution in [-0.2, 0) is 4.79 Å². The second kappa shape index (κ2) is 3.97. The summed E-state index contributed by atoms with van der Waals surface area (Å²) in [6.07, 6.45) is 0. The molecule has 0 aromatic heterocycles. The molecule has 1 aromatic carbocycles. The van der Waals surface area contributed by atoms with Gasteiger partial charge in [0.1, 0.15) is 0 Å². The van der Waals surface area contributed by atoms with Crippen LogP contribution in [0.3, 0.4) is 0 Å². The molecule has 0 aliphatic carbocycles. The molecule has 2 N–H and O–H groups in total. The number of carbonyl (C=O) groups excluding carboxylic acids is 1. The molecule has 2 rings (SSSR count). The molecule has 0 saturated heterocycles. The third-order valence-corrected chi connectivity index (χ3v) is 3.23. The molecule has 86 valence electrons. The minimum atomic E-state index is -0.148. The lowest BCUT2D eigenvalue weighted by molar-refractivity contribution is -0.122. The molecular formula is C11H13BrN2O2. The van der Waals surface area contributed by atoms with E-state index in [4.69, 9.17) is 10.5 Å². The van der Waals surface area contributed by atoms with Gasteiger partial charge in [-0.25, -0.2) is 0 Å². The standard InChI is InChI=1S/C11H13BrN2O2/c1-6-5-16-10-8(12)3-7(13)4-9(10)14(2)11(6)15/h3-4,6H,5,13H2,1-2H3. The third kappa shape index (κ3) is 1.75. The molecule has 0 spiro atoms. The van der Waals surface area contributed by atoms with Crippen LogP contribution in [0.2, 0.25) is 0 Å². The van der Waals surface area contributed by atoms with Crippen molar-refractivity contribution in [1.82, 2.24) is 0 Å². The SMILES string of the molecule is CC1COc2c(Br)cc(N)cc2N(C)C1=O. The third-order valence-electron chi connectivity index (χ3n) is 2.64. The van der Waals surface area contributed by atoms with E-state index >= 15 is 0 Å². The number of hydrogen-bond acceptors (Lipinski definition) is 3. The minimum absolute atomic E-state index is 0.0382. The average molecular weight is 285 g/mol. The molecule has 1 aromatic rings. The fourth-order valence-corrected chi connectivity index (χ4v) is 2.30. The fourth-order valence-electron chi connectivity index (χ4n) is 1.72. The highest BCUT2D eigenvalue weighted by atomic mass is 79.9. The summed E-state index contributed by atoms with van der Waals surface area (Å²) in [6, 6.07) is 3.52. The van der Waals surface area contributed by atoms with Crippen LogP contribution in [0.15, 0.2) is 16.6 Å². The first kappa shape index (κ1) is 11.3. The van der Waals surface area contributed by atoms with Gasteiger partial charge < -0.3 is 15.4 Å². The Bertz CT molecular complexity index is 448. The lowest BCUT2D eigenvalue weighted by Crippen LogP contribution is -2.31. The molecule has 1 amide bonds. The van der Waals surface area contributed by atoms with Crippen LogP contribution >= 0.6 is 15.9 Å². The Morgan fingerprint density at radius 3 is 2.94 bits per heavy atom.